The van der Waals surface area contributed by atoms with Gasteiger partial charge in [0.2, 0.25) is 0 Å². The van der Waals surface area contributed by atoms with Crippen LogP contribution in [0.1, 0.15) is 52.0 Å². The van der Waals surface area contributed by atoms with Gasteiger partial charge < -0.3 is 14.8 Å². The Kier molecular flexibility index (Phi) is 10.5. The molecule has 1 aromatic heterocycles. The van der Waals surface area contributed by atoms with Gasteiger partial charge in [0.25, 0.3) is 5.56 Å². The maximum Gasteiger partial charge on any atom is 0.287 e. The van der Waals surface area contributed by atoms with Crippen LogP contribution < -0.4 is 15.6 Å². The van der Waals surface area contributed by atoms with Crippen molar-refractivity contribution in [1.82, 2.24) is 14.1 Å². The molecule has 1 N–H and O–H groups in total. The zero-order valence-corrected chi connectivity index (χ0v) is 21.6. The lowest BCUT2D eigenvalue weighted by Gasteiger charge is -2.31. The molecule has 0 aliphatic carbocycles. The number of halogens is 2. The molecule has 1 aromatic carbocycles. The predicted octanol–water partition coefficient (Wildman–Crippen LogP) is 5.40. The number of rotatable bonds is 6. The van der Waals surface area contributed by atoms with Crippen LogP contribution in [0.3, 0.4) is 0 Å². The molecule has 2 aliphatic heterocycles. The van der Waals surface area contributed by atoms with Gasteiger partial charge in [-0.2, -0.15) is 5.10 Å². The third-order valence-corrected chi connectivity index (χ3v) is 7.08. The number of hydrogen-bond donors (Lipinski definition) is 1. The van der Waals surface area contributed by atoms with E-state index < -0.39 is 0 Å². The highest BCUT2D eigenvalue weighted by atomic mass is 35.5. The second-order valence-electron chi connectivity index (χ2n) is 8.56. The molecule has 0 unspecified atom stereocenters. The van der Waals surface area contributed by atoms with Crippen LogP contribution in [-0.4, -0.2) is 53.5 Å². The van der Waals surface area contributed by atoms with E-state index in [-0.39, 0.29) is 28.5 Å². The van der Waals surface area contributed by atoms with Crippen molar-refractivity contribution in [2.45, 2.75) is 63.0 Å². The Labute approximate surface area is 210 Å². The molecular formula is C24H34ClFN4O3S. The minimum atomic E-state index is -0.294. The lowest BCUT2D eigenvalue weighted by Crippen LogP contribution is -2.36. The van der Waals surface area contributed by atoms with E-state index in [0.717, 1.165) is 39.1 Å². The molecule has 0 radical (unpaired) electrons. The van der Waals surface area contributed by atoms with Crippen molar-refractivity contribution < 1.29 is 13.9 Å². The molecule has 0 amide bonds. The molecule has 2 aliphatic rings. The number of nitrogens with zero attached hydrogens (tertiary/aromatic N) is 3. The van der Waals surface area contributed by atoms with Crippen molar-refractivity contribution in [3.8, 4) is 5.75 Å². The molecule has 0 atom stereocenters. The first-order chi connectivity index (χ1) is 16.4. The van der Waals surface area contributed by atoms with E-state index in [1.54, 1.807) is 25.4 Å². The highest BCUT2D eigenvalue weighted by molar-refractivity contribution is 7.97. The summed E-state index contributed by atoms with van der Waals surface area (Å²) in [5.74, 6) is 0.237. The Balaban J connectivity index is 0.000000469. The van der Waals surface area contributed by atoms with Crippen molar-refractivity contribution >= 4 is 29.2 Å². The SMILES string of the molecule is C1CCOCC1.CNc1cnn(C2CCN(Sc3ccc(OC(C)C)cc3F)CC2)c(=O)c1Cl. The molecule has 2 saturated heterocycles. The quantitative estimate of drug-likeness (QED) is 0.520. The van der Waals surface area contributed by atoms with Crippen LogP contribution in [0.15, 0.2) is 34.1 Å². The largest absolute Gasteiger partial charge is 0.491 e. The van der Waals surface area contributed by atoms with Gasteiger partial charge in [-0.1, -0.05) is 11.6 Å². The maximum absolute atomic E-state index is 14.4. The van der Waals surface area contributed by atoms with Crippen molar-refractivity contribution in [1.29, 1.82) is 0 Å². The monoisotopic (exact) mass is 512 g/mol. The molecule has 3 heterocycles. The number of anilines is 1. The Morgan fingerprint density at radius 2 is 1.94 bits per heavy atom. The highest BCUT2D eigenvalue weighted by Crippen LogP contribution is 2.33. The Bertz CT molecular complexity index is 968. The molecule has 0 bridgehead atoms. The van der Waals surface area contributed by atoms with Crippen molar-refractivity contribution in [3.05, 3.63) is 45.6 Å². The summed E-state index contributed by atoms with van der Waals surface area (Å²) < 4.78 is 28.5. The van der Waals surface area contributed by atoms with E-state index >= 15 is 0 Å². The summed E-state index contributed by atoms with van der Waals surface area (Å²) in [5.41, 5.74) is 0.239. The van der Waals surface area contributed by atoms with Crippen LogP contribution in [0.5, 0.6) is 5.75 Å². The second kappa shape index (κ2) is 13.3. The number of ether oxygens (including phenoxy) is 2. The molecule has 0 spiro atoms. The smallest absolute Gasteiger partial charge is 0.287 e. The van der Waals surface area contributed by atoms with Crippen LogP contribution >= 0.6 is 23.5 Å². The van der Waals surface area contributed by atoms with E-state index in [1.165, 1.54) is 42.0 Å². The molecule has 4 rings (SSSR count). The van der Waals surface area contributed by atoms with E-state index in [1.807, 2.05) is 13.8 Å². The molecule has 0 saturated carbocycles. The zero-order valence-electron chi connectivity index (χ0n) is 20.1. The number of nitrogens with one attached hydrogen (secondary N) is 1. The highest BCUT2D eigenvalue weighted by Gasteiger charge is 2.24. The van der Waals surface area contributed by atoms with E-state index in [0.29, 0.717) is 16.3 Å². The fraction of sp³-hybridized carbons (Fsp3) is 0.583. The first-order valence-electron chi connectivity index (χ1n) is 11.8. The van der Waals surface area contributed by atoms with E-state index in [4.69, 9.17) is 21.1 Å². The van der Waals surface area contributed by atoms with Crippen LogP contribution in [-0.2, 0) is 4.74 Å². The average Bonchev–Trinajstić information content (AvgIpc) is 2.84. The minimum Gasteiger partial charge on any atom is -0.491 e. The van der Waals surface area contributed by atoms with Crippen LogP contribution in [0, 0.1) is 5.82 Å². The normalized spacial score (nSPS) is 17.2. The summed E-state index contributed by atoms with van der Waals surface area (Å²) in [5, 5.41) is 7.26. The molecule has 7 nitrogen and oxygen atoms in total. The first kappa shape index (κ1) is 26.8. The molecular weight excluding hydrogens is 479 g/mol. The first-order valence-corrected chi connectivity index (χ1v) is 13.0. The van der Waals surface area contributed by atoms with Gasteiger partial charge in [-0.05, 0) is 70.0 Å². The van der Waals surface area contributed by atoms with Gasteiger partial charge in [0.05, 0.1) is 28.9 Å². The molecule has 2 fully saturated rings. The van der Waals surface area contributed by atoms with E-state index in [9.17, 15) is 9.18 Å². The number of piperidine rings is 1. The van der Waals surface area contributed by atoms with Crippen LogP contribution in [0.2, 0.25) is 5.02 Å². The van der Waals surface area contributed by atoms with Gasteiger partial charge in [-0.3, -0.25) is 4.79 Å². The summed E-state index contributed by atoms with van der Waals surface area (Å²) in [4.78, 5) is 13.0. The topological polar surface area (TPSA) is 68.6 Å². The van der Waals surface area contributed by atoms with Crippen molar-refractivity contribution in [2.75, 3.05) is 38.7 Å². The predicted molar refractivity (Wildman–Crippen MR) is 136 cm³/mol. The van der Waals surface area contributed by atoms with Gasteiger partial charge >= 0.3 is 0 Å². The summed E-state index contributed by atoms with van der Waals surface area (Å²) in [6.07, 6.45) is 6.99. The van der Waals surface area contributed by atoms with E-state index in [2.05, 4.69) is 14.7 Å². The fourth-order valence-corrected chi connectivity index (χ4v) is 4.96. The van der Waals surface area contributed by atoms with Crippen molar-refractivity contribution in [2.24, 2.45) is 0 Å². The summed E-state index contributed by atoms with van der Waals surface area (Å²) in [6.45, 7) is 7.26. The van der Waals surface area contributed by atoms with Gasteiger partial charge in [0.15, 0.2) is 0 Å². The summed E-state index contributed by atoms with van der Waals surface area (Å²) in [6, 6.07) is 4.93. The molecule has 2 aromatic rings. The standard InChI is InChI=1S/C19H24ClFN4O2S.C5H10O/c1-12(2)27-14-4-5-17(15(21)10-14)28-24-8-6-13(7-9-24)25-19(26)18(20)16(22-3)11-23-25;1-2-4-6-5-3-1/h4-5,10-13,22H,6-9H2,1-3H3;1-5H2. The lowest BCUT2D eigenvalue weighted by molar-refractivity contribution is 0.0968. The maximum atomic E-state index is 14.4. The third kappa shape index (κ3) is 7.60. The van der Waals surface area contributed by atoms with Gasteiger partial charge in [0.1, 0.15) is 16.6 Å². The molecule has 10 heteroatoms. The van der Waals surface area contributed by atoms with Crippen molar-refractivity contribution in [3.63, 3.8) is 0 Å². The zero-order chi connectivity index (χ0) is 24.5. The Morgan fingerprint density at radius 1 is 1.24 bits per heavy atom. The average molecular weight is 513 g/mol. The number of hydrogen-bond acceptors (Lipinski definition) is 7. The second-order valence-corrected chi connectivity index (χ2v) is 10.1. The van der Waals surface area contributed by atoms with Gasteiger partial charge in [0, 0.05) is 39.4 Å². The molecule has 34 heavy (non-hydrogen) atoms. The summed E-state index contributed by atoms with van der Waals surface area (Å²) >= 11 is 7.50. The number of benzene rings is 1. The number of aromatic nitrogens is 2. The lowest BCUT2D eigenvalue weighted by atomic mass is 10.1. The summed E-state index contributed by atoms with van der Waals surface area (Å²) in [7, 11) is 1.70. The Morgan fingerprint density at radius 3 is 2.47 bits per heavy atom. The van der Waals surface area contributed by atoms with Crippen LogP contribution in [0.4, 0.5) is 10.1 Å². The fourth-order valence-electron chi connectivity index (χ4n) is 3.78. The minimum absolute atomic E-state index is 0.00428. The molecule has 188 valence electrons. The Hall–Kier alpha value is -1.81. The van der Waals surface area contributed by atoms with Gasteiger partial charge in [-0.25, -0.2) is 13.4 Å². The third-order valence-electron chi connectivity index (χ3n) is 5.56. The van der Waals surface area contributed by atoms with Crippen LogP contribution in [0.25, 0.3) is 0 Å². The van der Waals surface area contributed by atoms with Gasteiger partial charge in [-0.15, -0.1) is 0 Å².